The first-order chi connectivity index (χ1) is 9.92. The van der Waals surface area contributed by atoms with E-state index in [9.17, 15) is 8.42 Å². The summed E-state index contributed by atoms with van der Waals surface area (Å²) < 4.78 is 31.9. The Balaban J connectivity index is 3.51. The second-order valence-corrected chi connectivity index (χ2v) is 6.60. The molecule has 0 saturated heterocycles. The van der Waals surface area contributed by atoms with Crippen LogP contribution >= 0.6 is 11.6 Å². The number of hydrogen-bond acceptors (Lipinski definition) is 4. The van der Waals surface area contributed by atoms with E-state index in [0.29, 0.717) is 17.1 Å². The smallest absolute Gasteiger partial charge is 0.247 e. The first-order valence-corrected chi connectivity index (χ1v) is 8.18. The van der Waals surface area contributed by atoms with Crippen LogP contribution in [0.15, 0.2) is 17.0 Å². The monoisotopic (exact) mass is 330 g/mol. The van der Waals surface area contributed by atoms with Crippen LogP contribution in [0.2, 0.25) is 5.02 Å². The Morgan fingerprint density at radius 1 is 1.48 bits per heavy atom. The maximum absolute atomic E-state index is 12.7. The highest BCUT2D eigenvalue weighted by atomic mass is 35.5. The molecule has 21 heavy (non-hydrogen) atoms. The van der Waals surface area contributed by atoms with E-state index < -0.39 is 10.0 Å². The summed E-state index contributed by atoms with van der Waals surface area (Å²) in [6, 6.07) is 3.06. The van der Waals surface area contributed by atoms with Gasteiger partial charge in [0.05, 0.1) is 13.7 Å². The lowest BCUT2D eigenvalue weighted by atomic mass is 10.2. The fourth-order valence-electron chi connectivity index (χ4n) is 1.98. The lowest BCUT2D eigenvalue weighted by Crippen LogP contribution is -2.31. The van der Waals surface area contributed by atoms with Crippen LogP contribution in [0.5, 0.6) is 5.75 Å². The molecule has 0 amide bonds. The predicted octanol–water partition coefficient (Wildman–Crippen LogP) is 1.71. The molecule has 1 aromatic carbocycles. The SMILES string of the molecule is C#CCN(CC)S(=O)(=O)c1cc(Cl)cc(CNC)c1OC. The second kappa shape index (κ2) is 7.66. The van der Waals surface area contributed by atoms with Crippen molar-refractivity contribution in [3.8, 4) is 18.1 Å². The average molecular weight is 331 g/mol. The Bertz CT molecular complexity index is 638. The van der Waals surface area contributed by atoms with Crippen molar-refractivity contribution in [2.45, 2.75) is 18.4 Å². The van der Waals surface area contributed by atoms with Gasteiger partial charge in [0.2, 0.25) is 10.0 Å². The van der Waals surface area contributed by atoms with Crippen molar-refractivity contribution in [2.24, 2.45) is 0 Å². The van der Waals surface area contributed by atoms with E-state index in [0.717, 1.165) is 0 Å². The van der Waals surface area contributed by atoms with Crippen LogP contribution in [-0.2, 0) is 16.6 Å². The molecule has 0 fully saturated rings. The number of nitrogens with one attached hydrogen (secondary N) is 1. The summed E-state index contributed by atoms with van der Waals surface area (Å²) in [5.41, 5.74) is 0.669. The van der Waals surface area contributed by atoms with Gasteiger partial charge >= 0.3 is 0 Å². The molecule has 0 spiro atoms. The number of nitrogens with zero attached hydrogens (tertiary/aromatic N) is 1. The summed E-state index contributed by atoms with van der Waals surface area (Å²) in [7, 11) is -0.581. The zero-order valence-electron chi connectivity index (χ0n) is 12.3. The van der Waals surface area contributed by atoms with E-state index in [1.54, 1.807) is 20.0 Å². The third-order valence-electron chi connectivity index (χ3n) is 2.91. The summed E-state index contributed by atoms with van der Waals surface area (Å²) in [6.45, 7) is 2.42. The quantitative estimate of drug-likeness (QED) is 0.773. The molecule has 0 saturated carbocycles. The maximum Gasteiger partial charge on any atom is 0.247 e. The van der Waals surface area contributed by atoms with E-state index in [4.69, 9.17) is 22.8 Å². The minimum Gasteiger partial charge on any atom is -0.495 e. The first-order valence-electron chi connectivity index (χ1n) is 6.36. The third-order valence-corrected chi connectivity index (χ3v) is 5.05. The summed E-state index contributed by atoms with van der Waals surface area (Å²) in [6.07, 6.45) is 5.23. The fourth-order valence-corrected chi connectivity index (χ4v) is 3.87. The molecule has 116 valence electrons. The molecule has 1 aromatic rings. The molecule has 0 unspecified atom stereocenters. The Morgan fingerprint density at radius 3 is 2.62 bits per heavy atom. The number of hydrogen-bond donors (Lipinski definition) is 1. The summed E-state index contributed by atoms with van der Waals surface area (Å²) in [5.74, 6) is 2.63. The minimum atomic E-state index is -3.77. The average Bonchev–Trinajstić information content (AvgIpc) is 2.44. The van der Waals surface area contributed by atoms with Crippen molar-refractivity contribution in [3.05, 3.63) is 22.7 Å². The lowest BCUT2D eigenvalue weighted by molar-refractivity contribution is 0.391. The standard InChI is InChI=1S/C14H19ClN2O3S/c1-5-7-17(6-2)21(18,19)13-9-12(15)8-11(10-16-3)14(13)20-4/h1,8-9,16H,6-7,10H2,2-4H3. The maximum atomic E-state index is 12.7. The number of sulfonamides is 1. The normalized spacial score (nSPS) is 11.4. The van der Waals surface area contributed by atoms with E-state index in [2.05, 4.69) is 11.2 Å². The number of benzene rings is 1. The van der Waals surface area contributed by atoms with Crippen LogP contribution < -0.4 is 10.1 Å². The molecule has 5 nitrogen and oxygen atoms in total. The number of terminal acetylenes is 1. The van der Waals surface area contributed by atoms with Gasteiger partial charge in [-0.15, -0.1) is 6.42 Å². The van der Waals surface area contributed by atoms with E-state index in [1.807, 2.05) is 0 Å². The minimum absolute atomic E-state index is 0.00411. The predicted molar refractivity (Wildman–Crippen MR) is 84.0 cm³/mol. The molecule has 0 atom stereocenters. The molecular weight excluding hydrogens is 312 g/mol. The van der Waals surface area contributed by atoms with Gasteiger partial charge in [-0.1, -0.05) is 24.4 Å². The number of halogens is 1. The van der Waals surface area contributed by atoms with Crippen molar-refractivity contribution in [1.29, 1.82) is 0 Å². The largest absolute Gasteiger partial charge is 0.495 e. The van der Waals surface area contributed by atoms with Crippen LogP contribution in [0.3, 0.4) is 0 Å². The van der Waals surface area contributed by atoms with Crippen molar-refractivity contribution >= 4 is 21.6 Å². The van der Waals surface area contributed by atoms with Gasteiger partial charge in [-0.2, -0.15) is 4.31 Å². The molecule has 7 heteroatoms. The summed E-state index contributed by atoms with van der Waals surface area (Å²) in [5, 5.41) is 3.28. The van der Waals surface area contributed by atoms with Gasteiger partial charge in [0.15, 0.2) is 0 Å². The van der Waals surface area contributed by atoms with E-state index >= 15 is 0 Å². The first kappa shape index (κ1) is 17.8. The van der Waals surface area contributed by atoms with Crippen LogP contribution in [0.1, 0.15) is 12.5 Å². The second-order valence-electron chi connectivity index (χ2n) is 4.26. The summed E-state index contributed by atoms with van der Waals surface area (Å²) in [4.78, 5) is 0.0276. The number of rotatable bonds is 7. The molecule has 0 bridgehead atoms. The molecule has 1 N–H and O–H groups in total. The van der Waals surface area contributed by atoms with Crippen LogP contribution in [0, 0.1) is 12.3 Å². The Labute approximate surface area is 131 Å². The van der Waals surface area contributed by atoms with Gasteiger partial charge in [-0.3, -0.25) is 0 Å². The molecule has 0 heterocycles. The number of ether oxygens (including phenoxy) is 1. The Hall–Kier alpha value is -1.26. The fraction of sp³-hybridized carbons (Fsp3) is 0.429. The van der Waals surface area contributed by atoms with E-state index in [-0.39, 0.29) is 23.7 Å². The molecule has 0 aliphatic rings. The molecule has 0 aliphatic heterocycles. The third kappa shape index (κ3) is 3.89. The lowest BCUT2D eigenvalue weighted by Gasteiger charge is -2.21. The zero-order valence-corrected chi connectivity index (χ0v) is 13.9. The highest BCUT2D eigenvalue weighted by molar-refractivity contribution is 7.89. The van der Waals surface area contributed by atoms with E-state index in [1.165, 1.54) is 17.5 Å². The zero-order chi connectivity index (χ0) is 16.0. The number of methoxy groups -OCH3 is 1. The van der Waals surface area contributed by atoms with Gasteiger partial charge in [0, 0.05) is 23.7 Å². The molecule has 1 rings (SSSR count). The van der Waals surface area contributed by atoms with Crippen LogP contribution in [-0.4, -0.2) is 40.0 Å². The van der Waals surface area contributed by atoms with Crippen molar-refractivity contribution in [2.75, 3.05) is 27.2 Å². The summed E-state index contributed by atoms with van der Waals surface area (Å²) >= 11 is 6.04. The van der Waals surface area contributed by atoms with Gasteiger partial charge in [-0.05, 0) is 19.2 Å². The highest BCUT2D eigenvalue weighted by Gasteiger charge is 2.28. The Kier molecular flexibility index (Phi) is 6.49. The topological polar surface area (TPSA) is 58.6 Å². The van der Waals surface area contributed by atoms with Gasteiger partial charge in [0.25, 0.3) is 0 Å². The van der Waals surface area contributed by atoms with Crippen molar-refractivity contribution < 1.29 is 13.2 Å². The molecule has 0 radical (unpaired) electrons. The Morgan fingerprint density at radius 2 is 2.14 bits per heavy atom. The molecular formula is C14H19ClN2O3S. The van der Waals surface area contributed by atoms with Crippen LogP contribution in [0.25, 0.3) is 0 Å². The van der Waals surface area contributed by atoms with Crippen LogP contribution in [0.4, 0.5) is 0 Å². The van der Waals surface area contributed by atoms with Crippen molar-refractivity contribution in [1.82, 2.24) is 9.62 Å². The molecule has 0 aromatic heterocycles. The van der Waals surface area contributed by atoms with Gasteiger partial charge < -0.3 is 10.1 Å². The highest BCUT2D eigenvalue weighted by Crippen LogP contribution is 2.33. The molecule has 0 aliphatic carbocycles. The van der Waals surface area contributed by atoms with Crippen molar-refractivity contribution in [3.63, 3.8) is 0 Å². The van der Waals surface area contributed by atoms with Gasteiger partial charge in [0.1, 0.15) is 10.6 Å². The van der Waals surface area contributed by atoms with Gasteiger partial charge in [-0.25, -0.2) is 8.42 Å².